The number of fused-ring (bicyclic) bond motifs is 1. The summed E-state index contributed by atoms with van der Waals surface area (Å²) in [6.07, 6.45) is 1.59. The maximum Gasteiger partial charge on any atom is 0.352 e. The van der Waals surface area contributed by atoms with Crippen molar-refractivity contribution in [3.63, 3.8) is 0 Å². The molecule has 3 heterocycles. The molecule has 0 saturated carbocycles. The SMILES string of the molecule is O=C(O)c1cc2sccc2n1-c1ncccc1Cl. The molecule has 4 nitrogen and oxygen atoms in total. The van der Waals surface area contributed by atoms with Gasteiger partial charge in [0.25, 0.3) is 0 Å². The Balaban J connectivity index is 2.39. The molecule has 0 bridgehead atoms. The van der Waals surface area contributed by atoms with Gasteiger partial charge in [0.05, 0.1) is 15.2 Å². The Morgan fingerprint density at radius 2 is 2.28 bits per heavy atom. The molecule has 0 aliphatic rings. The molecule has 0 spiro atoms. The average Bonchev–Trinajstić information content (AvgIpc) is 2.89. The van der Waals surface area contributed by atoms with Gasteiger partial charge in [0.2, 0.25) is 0 Å². The summed E-state index contributed by atoms with van der Waals surface area (Å²) in [7, 11) is 0. The molecule has 90 valence electrons. The number of carboxylic acid groups (broad SMARTS) is 1. The van der Waals surface area contributed by atoms with Crippen molar-refractivity contribution in [3.05, 3.63) is 46.6 Å². The molecular formula is C12H7ClN2O2S. The molecule has 0 amide bonds. The normalized spacial score (nSPS) is 10.9. The second-order valence-corrected chi connectivity index (χ2v) is 5.00. The topological polar surface area (TPSA) is 55.1 Å². The van der Waals surface area contributed by atoms with Gasteiger partial charge in [-0.15, -0.1) is 11.3 Å². The predicted molar refractivity (Wildman–Crippen MR) is 70.9 cm³/mol. The number of carboxylic acids is 1. The van der Waals surface area contributed by atoms with Gasteiger partial charge in [-0.2, -0.15) is 0 Å². The minimum Gasteiger partial charge on any atom is -0.477 e. The Labute approximate surface area is 111 Å². The molecule has 0 aliphatic carbocycles. The molecule has 18 heavy (non-hydrogen) atoms. The smallest absolute Gasteiger partial charge is 0.352 e. The van der Waals surface area contributed by atoms with Crippen molar-refractivity contribution in [2.45, 2.75) is 0 Å². The third-order valence-corrected chi connectivity index (χ3v) is 3.74. The number of aromatic nitrogens is 2. The molecule has 0 radical (unpaired) electrons. The van der Waals surface area contributed by atoms with E-state index in [1.54, 1.807) is 29.0 Å². The summed E-state index contributed by atoms with van der Waals surface area (Å²) in [5.41, 5.74) is 0.968. The lowest BCUT2D eigenvalue weighted by atomic mass is 10.4. The van der Waals surface area contributed by atoms with Crippen LogP contribution in [0.5, 0.6) is 0 Å². The van der Waals surface area contributed by atoms with Crippen LogP contribution in [0.15, 0.2) is 35.8 Å². The van der Waals surface area contributed by atoms with E-state index in [4.69, 9.17) is 11.6 Å². The Bertz CT molecular complexity index is 747. The summed E-state index contributed by atoms with van der Waals surface area (Å²) in [4.78, 5) is 15.5. The number of hydrogen-bond acceptors (Lipinski definition) is 3. The van der Waals surface area contributed by atoms with Gasteiger partial charge >= 0.3 is 5.97 Å². The number of halogens is 1. The zero-order chi connectivity index (χ0) is 12.7. The molecule has 0 fully saturated rings. The third kappa shape index (κ3) is 1.60. The maximum atomic E-state index is 11.3. The van der Waals surface area contributed by atoms with Crippen molar-refractivity contribution in [1.29, 1.82) is 0 Å². The summed E-state index contributed by atoms with van der Waals surface area (Å²) in [5.74, 6) is -0.565. The van der Waals surface area contributed by atoms with Crippen LogP contribution in [0.4, 0.5) is 0 Å². The molecule has 0 aromatic carbocycles. The Kier molecular flexibility index (Phi) is 2.57. The number of carbonyl (C=O) groups is 1. The molecule has 1 N–H and O–H groups in total. The number of nitrogens with zero attached hydrogens (tertiary/aromatic N) is 2. The molecule has 3 rings (SSSR count). The zero-order valence-electron chi connectivity index (χ0n) is 9.00. The van der Waals surface area contributed by atoms with E-state index in [1.807, 2.05) is 11.4 Å². The van der Waals surface area contributed by atoms with Gasteiger partial charge in [-0.25, -0.2) is 9.78 Å². The zero-order valence-corrected chi connectivity index (χ0v) is 10.6. The second-order valence-electron chi connectivity index (χ2n) is 3.65. The molecule has 0 unspecified atom stereocenters. The van der Waals surface area contributed by atoms with E-state index in [-0.39, 0.29) is 5.69 Å². The van der Waals surface area contributed by atoms with Crippen LogP contribution < -0.4 is 0 Å². The van der Waals surface area contributed by atoms with Crippen molar-refractivity contribution in [2.75, 3.05) is 0 Å². The average molecular weight is 279 g/mol. The Morgan fingerprint density at radius 3 is 3.00 bits per heavy atom. The standard InChI is InChI=1S/C12H7ClN2O2S/c13-7-2-1-4-14-11(7)15-8-3-5-18-10(8)6-9(15)12(16)17/h1-6H,(H,16,17). The van der Waals surface area contributed by atoms with Crippen LogP contribution in [0.3, 0.4) is 0 Å². The summed E-state index contributed by atoms with van der Waals surface area (Å²) in [6, 6.07) is 6.89. The van der Waals surface area contributed by atoms with Crippen molar-refractivity contribution in [3.8, 4) is 5.82 Å². The molecule has 3 aromatic heterocycles. The third-order valence-electron chi connectivity index (χ3n) is 2.59. The van der Waals surface area contributed by atoms with E-state index in [9.17, 15) is 9.90 Å². The van der Waals surface area contributed by atoms with Crippen molar-refractivity contribution in [1.82, 2.24) is 9.55 Å². The quantitative estimate of drug-likeness (QED) is 0.781. The van der Waals surface area contributed by atoms with Crippen LogP contribution in [0.25, 0.3) is 16.0 Å². The van der Waals surface area contributed by atoms with Crippen LogP contribution in [0, 0.1) is 0 Å². The molecule has 0 saturated heterocycles. The minimum absolute atomic E-state index is 0.164. The van der Waals surface area contributed by atoms with E-state index >= 15 is 0 Å². The fourth-order valence-electron chi connectivity index (χ4n) is 1.85. The van der Waals surface area contributed by atoms with Crippen LogP contribution in [-0.4, -0.2) is 20.6 Å². The fourth-order valence-corrected chi connectivity index (χ4v) is 2.86. The first-order valence-corrected chi connectivity index (χ1v) is 6.37. The number of aromatic carboxylic acids is 1. The van der Waals surface area contributed by atoms with Gasteiger partial charge in [0.15, 0.2) is 5.82 Å². The summed E-state index contributed by atoms with van der Waals surface area (Å²) in [5, 5.41) is 11.6. The van der Waals surface area contributed by atoms with Crippen LogP contribution >= 0.6 is 22.9 Å². The largest absolute Gasteiger partial charge is 0.477 e. The number of thiophene rings is 1. The van der Waals surface area contributed by atoms with E-state index in [1.165, 1.54) is 11.3 Å². The van der Waals surface area contributed by atoms with Gasteiger partial charge in [-0.05, 0) is 29.6 Å². The van der Waals surface area contributed by atoms with Gasteiger partial charge in [0, 0.05) is 6.20 Å². The highest BCUT2D eigenvalue weighted by Gasteiger charge is 2.18. The van der Waals surface area contributed by atoms with Crippen LogP contribution in [-0.2, 0) is 0 Å². The Hall–Kier alpha value is -1.85. The highest BCUT2D eigenvalue weighted by Crippen LogP contribution is 2.30. The van der Waals surface area contributed by atoms with Gasteiger partial charge in [-0.3, -0.25) is 4.57 Å². The lowest BCUT2D eigenvalue weighted by molar-refractivity contribution is 0.0688. The van der Waals surface area contributed by atoms with E-state index in [0.717, 1.165) is 10.2 Å². The first kappa shape index (κ1) is 11.3. The monoisotopic (exact) mass is 278 g/mol. The van der Waals surface area contributed by atoms with Crippen molar-refractivity contribution < 1.29 is 9.90 Å². The van der Waals surface area contributed by atoms with Crippen LogP contribution in [0.1, 0.15) is 10.5 Å². The van der Waals surface area contributed by atoms with Gasteiger partial charge in [-0.1, -0.05) is 11.6 Å². The lowest BCUT2D eigenvalue weighted by Gasteiger charge is -2.07. The number of rotatable bonds is 2. The van der Waals surface area contributed by atoms with Crippen molar-refractivity contribution >= 4 is 39.1 Å². The van der Waals surface area contributed by atoms with Crippen molar-refractivity contribution in [2.24, 2.45) is 0 Å². The fraction of sp³-hybridized carbons (Fsp3) is 0. The highest BCUT2D eigenvalue weighted by molar-refractivity contribution is 7.17. The first-order chi connectivity index (χ1) is 8.68. The molecular weight excluding hydrogens is 272 g/mol. The van der Waals surface area contributed by atoms with Gasteiger partial charge < -0.3 is 5.11 Å². The lowest BCUT2D eigenvalue weighted by Crippen LogP contribution is -2.08. The van der Waals surface area contributed by atoms with E-state index in [0.29, 0.717) is 10.8 Å². The molecule has 3 aromatic rings. The first-order valence-electron chi connectivity index (χ1n) is 5.11. The number of hydrogen-bond donors (Lipinski definition) is 1. The highest BCUT2D eigenvalue weighted by atomic mass is 35.5. The molecule has 0 aliphatic heterocycles. The number of pyridine rings is 1. The van der Waals surface area contributed by atoms with E-state index in [2.05, 4.69) is 4.98 Å². The summed E-state index contributed by atoms with van der Waals surface area (Å²) >= 11 is 7.57. The minimum atomic E-state index is -1.000. The predicted octanol–water partition coefficient (Wildman–Crippen LogP) is 3.44. The van der Waals surface area contributed by atoms with Gasteiger partial charge in [0.1, 0.15) is 5.69 Å². The maximum absolute atomic E-state index is 11.3. The summed E-state index contributed by atoms with van der Waals surface area (Å²) < 4.78 is 2.46. The summed E-state index contributed by atoms with van der Waals surface area (Å²) in [6.45, 7) is 0. The second kappa shape index (κ2) is 4.12. The van der Waals surface area contributed by atoms with Crippen LogP contribution in [0.2, 0.25) is 5.02 Å². The van der Waals surface area contributed by atoms with E-state index < -0.39 is 5.97 Å². The molecule has 6 heteroatoms. The molecule has 0 atom stereocenters. The Morgan fingerprint density at radius 1 is 1.44 bits per heavy atom.